The number of nitrogen functional groups attached to an aromatic ring is 1. The van der Waals surface area contributed by atoms with E-state index in [1.807, 2.05) is 13.0 Å². The fraction of sp³-hybridized carbons (Fsp3) is 0.0714. The summed E-state index contributed by atoms with van der Waals surface area (Å²) in [5.74, 6) is -0.129. The van der Waals surface area contributed by atoms with Crippen molar-refractivity contribution in [1.82, 2.24) is 0 Å². The van der Waals surface area contributed by atoms with Crippen LogP contribution in [0.2, 0.25) is 0 Å². The third-order valence-corrected chi connectivity index (χ3v) is 2.23. The predicted molar refractivity (Wildman–Crippen MR) is 68.4 cm³/mol. The van der Waals surface area contributed by atoms with Gasteiger partial charge in [0.15, 0.2) is 5.78 Å². The molecule has 1 aromatic carbocycles. The second-order valence-electron chi connectivity index (χ2n) is 3.48. The summed E-state index contributed by atoms with van der Waals surface area (Å²) in [4.78, 5) is 12.1. The van der Waals surface area contributed by atoms with Crippen LogP contribution in [0.3, 0.4) is 0 Å². The number of nitrogens with two attached hydrogens (primary N) is 1. The number of carbonyl (C=O) groups excluding carboxylic acids is 1. The lowest BCUT2D eigenvalue weighted by molar-refractivity contribution is 0.103. The molecule has 2 N–H and O–H groups in total. The Hall–Kier alpha value is -2.09. The Labute approximate surface area is 95.8 Å². The largest absolute Gasteiger partial charge is 0.398 e. The Kier molecular flexibility index (Phi) is 3.84. The van der Waals surface area contributed by atoms with Crippen LogP contribution in [0.4, 0.5) is 5.69 Å². The van der Waals surface area contributed by atoms with Crippen molar-refractivity contribution in [2.75, 3.05) is 5.73 Å². The van der Waals surface area contributed by atoms with E-state index >= 15 is 0 Å². The standard InChI is InChI=1S/C14H15NO/c1-4-6-11(5-2)14(16)12-9-10(3)7-8-13(12)15/h4-9H,1-2,15H2,3H3/b11-6+. The van der Waals surface area contributed by atoms with Gasteiger partial charge < -0.3 is 5.73 Å². The number of hydrogen-bond donors (Lipinski definition) is 1. The summed E-state index contributed by atoms with van der Waals surface area (Å²) in [6.45, 7) is 9.08. The summed E-state index contributed by atoms with van der Waals surface area (Å²) < 4.78 is 0. The monoisotopic (exact) mass is 213 g/mol. The second-order valence-corrected chi connectivity index (χ2v) is 3.48. The Morgan fingerprint density at radius 2 is 2.06 bits per heavy atom. The first-order chi connectivity index (χ1) is 7.60. The van der Waals surface area contributed by atoms with E-state index < -0.39 is 0 Å². The minimum absolute atomic E-state index is 0.129. The van der Waals surface area contributed by atoms with Crippen LogP contribution < -0.4 is 5.73 Å². The van der Waals surface area contributed by atoms with Gasteiger partial charge in [0, 0.05) is 16.8 Å². The van der Waals surface area contributed by atoms with Crippen LogP contribution in [-0.4, -0.2) is 5.78 Å². The van der Waals surface area contributed by atoms with Crippen molar-refractivity contribution in [3.05, 3.63) is 66.3 Å². The van der Waals surface area contributed by atoms with Crippen LogP contribution in [0.25, 0.3) is 0 Å². The molecule has 2 nitrogen and oxygen atoms in total. The van der Waals surface area contributed by atoms with Gasteiger partial charge in [-0.05, 0) is 19.1 Å². The molecule has 0 amide bonds. The number of anilines is 1. The van der Waals surface area contributed by atoms with Gasteiger partial charge in [0.05, 0.1) is 0 Å². The van der Waals surface area contributed by atoms with Gasteiger partial charge in [-0.1, -0.05) is 43.0 Å². The number of hydrogen-bond acceptors (Lipinski definition) is 2. The highest BCUT2D eigenvalue weighted by atomic mass is 16.1. The summed E-state index contributed by atoms with van der Waals surface area (Å²) in [6, 6.07) is 5.38. The van der Waals surface area contributed by atoms with Crippen LogP contribution in [0.15, 0.2) is 55.2 Å². The van der Waals surface area contributed by atoms with Gasteiger partial charge in [-0.3, -0.25) is 4.79 Å². The lowest BCUT2D eigenvalue weighted by Crippen LogP contribution is -2.05. The number of rotatable bonds is 4. The van der Waals surface area contributed by atoms with Gasteiger partial charge >= 0.3 is 0 Å². The molecule has 0 unspecified atom stereocenters. The van der Waals surface area contributed by atoms with Gasteiger partial charge in [-0.25, -0.2) is 0 Å². The first-order valence-electron chi connectivity index (χ1n) is 4.96. The highest BCUT2D eigenvalue weighted by molar-refractivity contribution is 6.13. The maximum absolute atomic E-state index is 12.1. The van der Waals surface area contributed by atoms with Crippen molar-refractivity contribution < 1.29 is 4.79 Å². The Bertz CT molecular complexity index is 470. The van der Waals surface area contributed by atoms with Gasteiger partial charge in [0.1, 0.15) is 0 Å². The Morgan fingerprint density at radius 3 is 2.62 bits per heavy atom. The Balaban J connectivity index is 3.23. The van der Waals surface area contributed by atoms with Crippen molar-refractivity contribution >= 4 is 11.5 Å². The molecule has 0 aliphatic heterocycles. The zero-order valence-corrected chi connectivity index (χ0v) is 9.36. The maximum Gasteiger partial charge on any atom is 0.195 e. The highest BCUT2D eigenvalue weighted by Crippen LogP contribution is 2.18. The lowest BCUT2D eigenvalue weighted by atomic mass is 9.99. The van der Waals surface area contributed by atoms with Crippen LogP contribution in [-0.2, 0) is 0 Å². The zero-order valence-electron chi connectivity index (χ0n) is 9.36. The molecule has 0 bridgehead atoms. The van der Waals surface area contributed by atoms with E-state index in [2.05, 4.69) is 13.2 Å². The molecule has 82 valence electrons. The van der Waals surface area contributed by atoms with E-state index in [1.165, 1.54) is 6.08 Å². The van der Waals surface area contributed by atoms with Crippen LogP contribution in [0.5, 0.6) is 0 Å². The molecule has 0 radical (unpaired) electrons. The van der Waals surface area contributed by atoms with E-state index in [0.29, 0.717) is 16.8 Å². The van der Waals surface area contributed by atoms with Crippen LogP contribution in [0.1, 0.15) is 15.9 Å². The third-order valence-electron chi connectivity index (χ3n) is 2.23. The smallest absolute Gasteiger partial charge is 0.195 e. The molecular formula is C14H15NO. The predicted octanol–water partition coefficient (Wildman–Crippen LogP) is 3.06. The second kappa shape index (κ2) is 5.12. The summed E-state index contributed by atoms with van der Waals surface area (Å²) in [5, 5.41) is 0. The Morgan fingerprint density at radius 1 is 1.38 bits per heavy atom. The maximum atomic E-state index is 12.1. The number of Topliss-reactive ketones (excluding diaryl/α,β-unsaturated/α-hetero) is 1. The third kappa shape index (κ3) is 2.48. The quantitative estimate of drug-likeness (QED) is 0.361. The molecule has 0 atom stereocenters. The van der Waals surface area contributed by atoms with Crippen molar-refractivity contribution in [1.29, 1.82) is 0 Å². The van der Waals surface area contributed by atoms with Crippen molar-refractivity contribution in [3.63, 3.8) is 0 Å². The van der Waals surface area contributed by atoms with E-state index in [1.54, 1.807) is 24.3 Å². The lowest BCUT2D eigenvalue weighted by Gasteiger charge is -2.06. The number of allylic oxidation sites excluding steroid dienone is 4. The van der Waals surface area contributed by atoms with Crippen molar-refractivity contribution in [3.8, 4) is 0 Å². The molecule has 0 aliphatic carbocycles. The highest BCUT2D eigenvalue weighted by Gasteiger charge is 2.12. The molecule has 0 aliphatic rings. The summed E-state index contributed by atoms with van der Waals surface area (Å²) in [5.41, 5.74) is 8.25. The SMILES string of the molecule is C=C/C=C(\C=C)C(=O)c1cc(C)ccc1N. The van der Waals surface area contributed by atoms with Gasteiger partial charge in [0.2, 0.25) is 0 Å². The molecule has 0 heterocycles. The van der Waals surface area contributed by atoms with E-state index in [0.717, 1.165) is 5.56 Å². The average Bonchev–Trinajstić information content (AvgIpc) is 2.28. The molecule has 1 aromatic rings. The molecule has 0 spiro atoms. The molecule has 16 heavy (non-hydrogen) atoms. The topological polar surface area (TPSA) is 43.1 Å². The van der Waals surface area contributed by atoms with Gasteiger partial charge in [-0.2, -0.15) is 0 Å². The zero-order chi connectivity index (χ0) is 12.1. The summed E-state index contributed by atoms with van der Waals surface area (Å²) in [6.07, 6.45) is 4.68. The number of carbonyl (C=O) groups is 1. The molecule has 0 saturated heterocycles. The fourth-order valence-corrected chi connectivity index (χ4v) is 1.39. The van der Waals surface area contributed by atoms with Crippen molar-refractivity contribution in [2.24, 2.45) is 0 Å². The number of aryl methyl sites for hydroxylation is 1. The van der Waals surface area contributed by atoms with Gasteiger partial charge in [0.25, 0.3) is 0 Å². The van der Waals surface area contributed by atoms with E-state index in [-0.39, 0.29) is 5.78 Å². The molecule has 0 saturated carbocycles. The van der Waals surface area contributed by atoms with E-state index in [4.69, 9.17) is 5.73 Å². The van der Waals surface area contributed by atoms with Crippen LogP contribution >= 0.6 is 0 Å². The molecule has 0 aromatic heterocycles. The summed E-state index contributed by atoms with van der Waals surface area (Å²) >= 11 is 0. The van der Waals surface area contributed by atoms with Crippen LogP contribution in [0, 0.1) is 6.92 Å². The average molecular weight is 213 g/mol. The number of benzene rings is 1. The minimum atomic E-state index is -0.129. The van der Waals surface area contributed by atoms with Gasteiger partial charge in [-0.15, -0.1) is 0 Å². The first-order valence-corrected chi connectivity index (χ1v) is 4.96. The first kappa shape index (κ1) is 12.0. The minimum Gasteiger partial charge on any atom is -0.398 e. The molecule has 2 heteroatoms. The number of ketones is 1. The van der Waals surface area contributed by atoms with Crippen molar-refractivity contribution in [2.45, 2.75) is 6.92 Å². The van der Waals surface area contributed by atoms with E-state index in [9.17, 15) is 4.79 Å². The molecule has 1 rings (SSSR count). The molecular weight excluding hydrogens is 198 g/mol. The summed E-state index contributed by atoms with van der Waals surface area (Å²) in [7, 11) is 0. The molecule has 0 fully saturated rings. The fourth-order valence-electron chi connectivity index (χ4n) is 1.39. The normalized spacial score (nSPS) is 10.9.